The molecule has 0 bridgehead atoms. The van der Waals surface area contributed by atoms with Crippen molar-refractivity contribution < 1.29 is 17.9 Å². The van der Waals surface area contributed by atoms with Crippen LogP contribution in [0.1, 0.15) is 19.1 Å². The lowest BCUT2D eigenvalue weighted by molar-refractivity contribution is 0.235. The first-order chi connectivity index (χ1) is 7.95. The highest BCUT2D eigenvalue weighted by Gasteiger charge is 2.36. The molecule has 6 heteroatoms. The number of furan rings is 1. The van der Waals surface area contributed by atoms with Crippen molar-refractivity contribution in [2.75, 3.05) is 13.6 Å². The Hall–Kier alpha value is -0.850. The van der Waals surface area contributed by atoms with Crippen molar-refractivity contribution in [3.8, 4) is 0 Å². The third-order valence-electron chi connectivity index (χ3n) is 3.23. The number of nitrogens with zero attached hydrogens (tertiary/aromatic N) is 1. The maximum absolute atomic E-state index is 12.1. The van der Waals surface area contributed by atoms with Gasteiger partial charge in [0.25, 0.3) is 10.0 Å². The fourth-order valence-electron chi connectivity index (χ4n) is 1.82. The molecule has 0 spiro atoms. The van der Waals surface area contributed by atoms with Gasteiger partial charge in [0, 0.05) is 13.6 Å². The van der Waals surface area contributed by atoms with Crippen LogP contribution in [-0.2, 0) is 16.6 Å². The van der Waals surface area contributed by atoms with E-state index >= 15 is 0 Å². The summed E-state index contributed by atoms with van der Waals surface area (Å²) >= 11 is 0. The van der Waals surface area contributed by atoms with E-state index in [0.717, 1.165) is 6.42 Å². The van der Waals surface area contributed by atoms with E-state index in [9.17, 15) is 8.42 Å². The fraction of sp³-hybridized carbons (Fsp3) is 0.636. The molecule has 17 heavy (non-hydrogen) atoms. The Morgan fingerprint density at radius 3 is 2.65 bits per heavy atom. The molecule has 0 aliphatic heterocycles. The summed E-state index contributed by atoms with van der Waals surface area (Å²) in [6.07, 6.45) is 1.08. The fourth-order valence-corrected chi connectivity index (χ4v) is 2.96. The van der Waals surface area contributed by atoms with Crippen LogP contribution in [0.4, 0.5) is 0 Å². The Balaban J connectivity index is 2.11. The summed E-state index contributed by atoms with van der Waals surface area (Å²) in [7, 11) is -1.99. The Morgan fingerprint density at radius 1 is 1.53 bits per heavy atom. The summed E-state index contributed by atoms with van der Waals surface area (Å²) in [5, 5.41) is 8.74. The van der Waals surface area contributed by atoms with Crippen molar-refractivity contribution in [2.45, 2.75) is 25.0 Å². The summed E-state index contributed by atoms with van der Waals surface area (Å²) in [5.74, 6) is 1.33. The summed E-state index contributed by atoms with van der Waals surface area (Å²) in [4.78, 5) is 0. The maximum atomic E-state index is 12.1. The Labute approximate surface area is 101 Å². The lowest BCUT2D eigenvalue weighted by Gasteiger charge is -2.14. The van der Waals surface area contributed by atoms with Crippen LogP contribution in [0.2, 0.25) is 0 Å². The van der Waals surface area contributed by atoms with Gasteiger partial charge < -0.3 is 9.52 Å². The summed E-state index contributed by atoms with van der Waals surface area (Å²) in [5.41, 5.74) is 0. The van der Waals surface area contributed by atoms with E-state index in [4.69, 9.17) is 9.52 Å². The Morgan fingerprint density at radius 2 is 2.18 bits per heavy atom. The molecule has 0 aromatic carbocycles. The van der Waals surface area contributed by atoms with Crippen LogP contribution in [0.25, 0.3) is 0 Å². The highest BCUT2D eigenvalue weighted by Crippen LogP contribution is 2.38. The summed E-state index contributed by atoms with van der Waals surface area (Å²) in [6, 6.07) is 2.86. The molecule has 1 fully saturated rings. The van der Waals surface area contributed by atoms with Gasteiger partial charge in [0.15, 0.2) is 0 Å². The minimum atomic E-state index is -3.55. The molecule has 1 aromatic heterocycles. The molecule has 5 nitrogen and oxygen atoms in total. The molecule has 1 heterocycles. The third-order valence-corrected chi connectivity index (χ3v) is 4.92. The molecule has 1 N–H and O–H groups in total. The Kier molecular flexibility index (Phi) is 3.29. The minimum Gasteiger partial charge on any atom is -0.446 e. The van der Waals surface area contributed by atoms with Gasteiger partial charge in [-0.05, 0) is 30.4 Å². The minimum absolute atomic E-state index is 0.0997. The van der Waals surface area contributed by atoms with E-state index in [1.54, 1.807) is 7.05 Å². The largest absolute Gasteiger partial charge is 0.446 e. The van der Waals surface area contributed by atoms with Gasteiger partial charge in [-0.3, -0.25) is 0 Å². The summed E-state index contributed by atoms with van der Waals surface area (Å²) in [6.45, 7) is 2.35. The van der Waals surface area contributed by atoms with Crippen LogP contribution in [-0.4, -0.2) is 31.4 Å². The van der Waals surface area contributed by atoms with E-state index in [1.807, 2.05) is 0 Å². The van der Waals surface area contributed by atoms with Crippen LogP contribution < -0.4 is 0 Å². The third kappa shape index (κ3) is 2.53. The number of hydrogen-bond donors (Lipinski definition) is 1. The molecule has 2 atom stereocenters. The van der Waals surface area contributed by atoms with E-state index < -0.39 is 10.0 Å². The molecule has 0 saturated heterocycles. The number of aliphatic hydroxyl groups is 1. The number of rotatable bonds is 5. The lowest BCUT2D eigenvalue weighted by Crippen LogP contribution is -2.28. The number of hydrogen-bond acceptors (Lipinski definition) is 4. The zero-order valence-corrected chi connectivity index (χ0v) is 10.8. The van der Waals surface area contributed by atoms with Gasteiger partial charge >= 0.3 is 0 Å². The second-order valence-corrected chi connectivity index (χ2v) is 6.61. The zero-order valence-electron chi connectivity index (χ0n) is 9.96. The van der Waals surface area contributed by atoms with Crippen molar-refractivity contribution in [3.63, 3.8) is 0 Å². The summed E-state index contributed by atoms with van der Waals surface area (Å²) < 4.78 is 30.6. The van der Waals surface area contributed by atoms with Gasteiger partial charge in [0.05, 0.1) is 0 Å². The average Bonchev–Trinajstić information content (AvgIpc) is 2.83. The molecular weight excluding hydrogens is 242 g/mol. The second-order valence-electron chi connectivity index (χ2n) is 4.64. The van der Waals surface area contributed by atoms with Gasteiger partial charge in [0.2, 0.25) is 5.09 Å². The average molecular weight is 259 g/mol. The highest BCUT2D eigenvalue weighted by molar-refractivity contribution is 7.89. The van der Waals surface area contributed by atoms with Crippen molar-refractivity contribution in [2.24, 2.45) is 11.8 Å². The first kappa shape index (κ1) is 12.6. The second kappa shape index (κ2) is 4.44. The molecule has 1 aliphatic rings. The SMILES string of the molecule is CC1CC1CN(C)S(=O)(=O)c1ccc(CO)o1. The van der Waals surface area contributed by atoms with Gasteiger partial charge in [-0.1, -0.05) is 6.92 Å². The predicted molar refractivity (Wildman–Crippen MR) is 61.7 cm³/mol. The van der Waals surface area contributed by atoms with Crippen LogP contribution in [0.3, 0.4) is 0 Å². The van der Waals surface area contributed by atoms with Crippen LogP contribution >= 0.6 is 0 Å². The van der Waals surface area contributed by atoms with Crippen LogP contribution in [0.15, 0.2) is 21.6 Å². The molecular formula is C11H17NO4S. The number of aliphatic hydroxyl groups excluding tert-OH is 1. The van der Waals surface area contributed by atoms with Crippen LogP contribution in [0.5, 0.6) is 0 Å². The predicted octanol–water partition coefficient (Wildman–Crippen LogP) is 1.05. The standard InChI is InChI=1S/C11H17NO4S/c1-8-5-9(8)6-12(2)17(14,15)11-4-3-10(7-13)16-11/h3-4,8-9,13H,5-7H2,1-2H3. The van der Waals surface area contributed by atoms with Crippen molar-refractivity contribution in [1.82, 2.24) is 4.31 Å². The normalized spacial score (nSPS) is 24.2. The number of sulfonamides is 1. The Bertz CT molecular complexity index is 493. The smallest absolute Gasteiger partial charge is 0.276 e. The molecule has 0 radical (unpaired) electrons. The maximum Gasteiger partial charge on any atom is 0.276 e. The van der Waals surface area contributed by atoms with Gasteiger partial charge in [-0.25, -0.2) is 8.42 Å². The van der Waals surface area contributed by atoms with Gasteiger partial charge in [-0.2, -0.15) is 4.31 Å². The molecule has 1 saturated carbocycles. The van der Waals surface area contributed by atoms with Crippen molar-refractivity contribution in [3.05, 3.63) is 17.9 Å². The molecule has 96 valence electrons. The van der Waals surface area contributed by atoms with Crippen LogP contribution in [0, 0.1) is 11.8 Å². The molecule has 1 aliphatic carbocycles. The monoisotopic (exact) mass is 259 g/mol. The highest BCUT2D eigenvalue weighted by atomic mass is 32.2. The molecule has 2 rings (SSSR count). The topological polar surface area (TPSA) is 70.8 Å². The molecule has 1 aromatic rings. The zero-order chi connectivity index (χ0) is 12.6. The van der Waals surface area contributed by atoms with E-state index in [0.29, 0.717) is 18.4 Å². The van der Waals surface area contributed by atoms with E-state index in [2.05, 4.69) is 6.92 Å². The van der Waals surface area contributed by atoms with Gasteiger partial charge in [-0.15, -0.1) is 0 Å². The molecule has 0 amide bonds. The lowest BCUT2D eigenvalue weighted by atomic mass is 10.3. The molecule has 2 unspecified atom stereocenters. The van der Waals surface area contributed by atoms with E-state index in [1.165, 1.54) is 16.4 Å². The van der Waals surface area contributed by atoms with Crippen molar-refractivity contribution in [1.29, 1.82) is 0 Å². The van der Waals surface area contributed by atoms with Gasteiger partial charge in [0.1, 0.15) is 12.4 Å². The van der Waals surface area contributed by atoms with Crippen molar-refractivity contribution >= 4 is 10.0 Å². The first-order valence-electron chi connectivity index (χ1n) is 5.61. The quantitative estimate of drug-likeness (QED) is 0.858. The van der Waals surface area contributed by atoms with E-state index in [-0.39, 0.29) is 17.5 Å². The first-order valence-corrected chi connectivity index (χ1v) is 7.05.